The zero-order valence-electron chi connectivity index (χ0n) is 21.5. The standard InChI is InChI=1S/C29H27N3O7/c1-19-23(30-29(39-19)25-9-6-14-36-25)18-37-24-12-10-20(15-26(24)35-2)17-38-28-21(11-13-27(33)34)16-32(31-28)22-7-4-3-5-8-22/h3-10,12,14-16H,11,13,17-18H2,1-2H3,(H,33,34). The summed E-state index contributed by atoms with van der Waals surface area (Å²) in [5.74, 6) is 2.15. The molecule has 10 nitrogen and oxygen atoms in total. The van der Waals surface area contributed by atoms with Gasteiger partial charge in [-0.3, -0.25) is 4.79 Å². The molecule has 5 rings (SSSR count). The number of rotatable bonds is 12. The molecule has 2 aromatic carbocycles. The van der Waals surface area contributed by atoms with Crippen molar-refractivity contribution in [3.05, 3.63) is 95.7 Å². The van der Waals surface area contributed by atoms with Crippen molar-refractivity contribution in [2.24, 2.45) is 0 Å². The maximum absolute atomic E-state index is 11.2. The molecule has 5 aromatic rings. The molecule has 0 aliphatic rings. The van der Waals surface area contributed by atoms with Gasteiger partial charge in [0.2, 0.25) is 5.88 Å². The molecule has 0 bridgehead atoms. The van der Waals surface area contributed by atoms with Crippen molar-refractivity contribution < 1.29 is 32.9 Å². The molecule has 0 atom stereocenters. The van der Waals surface area contributed by atoms with Gasteiger partial charge >= 0.3 is 5.97 Å². The van der Waals surface area contributed by atoms with Crippen molar-refractivity contribution >= 4 is 5.97 Å². The van der Waals surface area contributed by atoms with E-state index in [0.29, 0.717) is 52.5 Å². The molecule has 0 radical (unpaired) electrons. The summed E-state index contributed by atoms with van der Waals surface area (Å²) in [7, 11) is 1.56. The Labute approximate surface area is 224 Å². The second-order valence-corrected chi connectivity index (χ2v) is 8.70. The van der Waals surface area contributed by atoms with Gasteiger partial charge in [-0.05, 0) is 55.3 Å². The second-order valence-electron chi connectivity index (χ2n) is 8.70. The number of carbonyl (C=O) groups is 1. The summed E-state index contributed by atoms with van der Waals surface area (Å²) in [5.41, 5.74) is 3.05. The number of furan rings is 1. The van der Waals surface area contributed by atoms with E-state index in [-0.39, 0.29) is 19.6 Å². The highest BCUT2D eigenvalue weighted by atomic mass is 16.5. The van der Waals surface area contributed by atoms with E-state index in [1.807, 2.05) is 49.4 Å². The molecule has 0 aliphatic heterocycles. The van der Waals surface area contributed by atoms with Gasteiger partial charge in [-0.2, -0.15) is 0 Å². The van der Waals surface area contributed by atoms with Crippen LogP contribution in [-0.4, -0.2) is 33.0 Å². The molecule has 3 aromatic heterocycles. The predicted molar refractivity (Wildman–Crippen MR) is 140 cm³/mol. The van der Waals surface area contributed by atoms with Crippen molar-refractivity contribution in [1.82, 2.24) is 14.8 Å². The molecule has 0 aliphatic carbocycles. The minimum absolute atomic E-state index is 0.0231. The SMILES string of the molecule is COc1cc(COc2nn(-c3ccccc3)cc2CCC(=O)O)ccc1OCc1nc(-c2ccco2)oc1C. The Hall–Kier alpha value is -4.99. The van der Waals surface area contributed by atoms with Crippen molar-refractivity contribution in [3.8, 4) is 34.7 Å². The highest BCUT2D eigenvalue weighted by molar-refractivity contribution is 5.67. The number of hydrogen-bond donors (Lipinski definition) is 1. The van der Waals surface area contributed by atoms with E-state index in [1.54, 1.807) is 42.5 Å². The van der Waals surface area contributed by atoms with Gasteiger partial charge in [-0.25, -0.2) is 9.67 Å². The molecule has 10 heteroatoms. The first-order valence-corrected chi connectivity index (χ1v) is 12.3. The number of benzene rings is 2. The third-order valence-corrected chi connectivity index (χ3v) is 5.97. The quantitative estimate of drug-likeness (QED) is 0.220. The van der Waals surface area contributed by atoms with E-state index in [1.165, 1.54) is 0 Å². The topological polar surface area (TPSA) is 122 Å². The molecule has 0 spiro atoms. The number of hydrogen-bond acceptors (Lipinski definition) is 8. The Bertz CT molecular complexity index is 1540. The van der Waals surface area contributed by atoms with Gasteiger partial charge in [0.15, 0.2) is 17.3 Å². The van der Waals surface area contributed by atoms with Gasteiger partial charge < -0.3 is 28.2 Å². The molecule has 0 fully saturated rings. The minimum atomic E-state index is -0.883. The average Bonchev–Trinajstić information content (AvgIpc) is 3.70. The monoisotopic (exact) mass is 529 g/mol. The van der Waals surface area contributed by atoms with Crippen molar-refractivity contribution in [3.63, 3.8) is 0 Å². The third-order valence-electron chi connectivity index (χ3n) is 5.97. The molecular weight excluding hydrogens is 502 g/mol. The van der Waals surface area contributed by atoms with Crippen LogP contribution < -0.4 is 14.2 Å². The summed E-state index contributed by atoms with van der Waals surface area (Å²) in [6.07, 6.45) is 3.64. The fraction of sp³-hybridized carbons (Fsp3) is 0.207. The third kappa shape index (κ3) is 6.12. The lowest BCUT2D eigenvalue weighted by molar-refractivity contribution is -0.136. The van der Waals surface area contributed by atoms with E-state index in [2.05, 4.69) is 10.1 Å². The first-order chi connectivity index (χ1) is 19.0. The smallest absolute Gasteiger partial charge is 0.303 e. The number of nitrogens with zero attached hydrogens (tertiary/aromatic N) is 3. The van der Waals surface area contributed by atoms with Gasteiger partial charge in [-0.15, -0.1) is 5.10 Å². The zero-order valence-corrected chi connectivity index (χ0v) is 21.5. The largest absolute Gasteiger partial charge is 0.493 e. The van der Waals surface area contributed by atoms with Crippen LogP contribution in [0.1, 0.15) is 29.0 Å². The molecule has 1 N–H and O–H groups in total. The highest BCUT2D eigenvalue weighted by Crippen LogP contribution is 2.31. The lowest BCUT2D eigenvalue weighted by Gasteiger charge is -2.12. The number of aromatic nitrogens is 3. The van der Waals surface area contributed by atoms with Crippen LogP contribution in [0.25, 0.3) is 17.3 Å². The number of carboxylic acids is 1. The number of para-hydroxylation sites is 1. The van der Waals surface area contributed by atoms with Gasteiger partial charge in [0.25, 0.3) is 5.89 Å². The second kappa shape index (κ2) is 11.6. The summed E-state index contributed by atoms with van der Waals surface area (Å²) in [4.78, 5) is 15.6. The Balaban J connectivity index is 1.27. The minimum Gasteiger partial charge on any atom is -0.493 e. The van der Waals surface area contributed by atoms with Crippen molar-refractivity contribution in [2.45, 2.75) is 33.0 Å². The van der Waals surface area contributed by atoms with E-state index in [9.17, 15) is 4.79 Å². The molecule has 0 saturated heterocycles. The van der Waals surface area contributed by atoms with Gasteiger partial charge in [-0.1, -0.05) is 24.3 Å². The van der Waals surface area contributed by atoms with Crippen LogP contribution in [0.4, 0.5) is 0 Å². The molecule has 0 amide bonds. The van der Waals surface area contributed by atoms with E-state index in [4.69, 9.17) is 28.2 Å². The fourth-order valence-electron chi connectivity index (χ4n) is 3.93. The number of carboxylic acid groups (broad SMARTS) is 1. The summed E-state index contributed by atoms with van der Waals surface area (Å²) in [5, 5.41) is 13.7. The molecular formula is C29H27N3O7. The number of aryl methyl sites for hydroxylation is 2. The maximum atomic E-state index is 11.2. The zero-order chi connectivity index (χ0) is 27.2. The first kappa shape index (κ1) is 25.7. The highest BCUT2D eigenvalue weighted by Gasteiger charge is 2.16. The van der Waals surface area contributed by atoms with Gasteiger partial charge in [0.05, 0.1) is 19.1 Å². The van der Waals surface area contributed by atoms with Crippen molar-refractivity contribution in [1.29, 1.82) is 0 Å². The lowest BCUT2D eigenvalue weighted by atomic mass is 10.2. The van der Waals surface area contributed by atoms with Gasteiger partial charge in [0, 0.05) is 18.2 Å². The Morgan fingerprint density at radius 2 is 1.87 bits per heavy atom. The van der Waals surface area contributed by atoms with E-state index < -0.39 is 5.97 Å². The predicted octanol–water partition coefficient (Wildman–Crippen LogP) is 5.61. The fourth-order valence-corrected chi connectivity index (χ4v) is 3.93. The maximum Gasteiger partial charge on any atom is 0.303 e. The molecule has 0 saturated carbocycles. The van der Waals surface area contributed by atoms with Crippen molar-refractivity contribution in [2.75, 3.05) is 7.11 Å². The molecule has 200 valence electrons. The van der Waals surface area contributed by atoms with E-state index in [0.717, 1.165) is 11.3 Å². The summed E-state index contributed by atoms with van der Waals surface area (Å²) < 4.78 is 30.3. The summed E-state index contributed by atoms with van der Waals surface area (Å²) in [6, 6.07) is 18.6. The normalized spacial score (nSPS) is 10.9. The summed E-state index contributed by atoms with van der Waals surface area (Å²) in [6.45, 7) is 2.21. The van der Waals surface area contributed by atoms with Crippen LogP contribution >= 0.6 is 0 Å². The Morgan fingerprint density at radius 3 is 2.62 bits per heavy atom. The molecule has 3 heterocycles. The number of ether oxygens (including phenoxy) is 3. The van der Waals surface area contributed by atoms with Crippen LogP contribution in [0.5, 0.6) is 17.4 Å². The van der Waals surface area contributed by atoms with Crippen LogP contribution in [0.2, 0.25) is 0 Å². The van der Waals surface area contributed by atoms with Crippen LogP contribution in [0, 0.1) is 6.92 Å². The first-order valence-electron chi connectivity index (χ1n) is 12.3. The molecule has 0 unspecified atom stereocenters. The number of methoxy groups -OCH3 is 1. The summed E-state index contributed by atoms with van der Waals surface area (Å²) >= 11 is 0. The van der Waals surface area contributed by atoms with Crippen LogP contribution in [0.15, 0.2) is 82.0 Å². The van der Waals surface area contributed by atoms with Crippen LogP contribution in [-0.2, 0) is 24.4 Å². The lowest BCUT2D eigenvalue weighted by Crippen LogP contribution is -2.03. The van der Waals surface area contributed by atoms with Gasteiger partial charge in [0.1, 0.15) is 24.7 Å². The average molecular weight is 530 g/mol. The molecule has 39 heavy (non-hydrogen) atoms. The number of aliphatic carboxylic acids is 1. The Morgan fingerprint density at radius 1 is 1.03 bits per heavy atom. The van der Waals surface area contributed by atoms with E-state index >= 15 is 0 Å². The number of oxazole rings is 1. The Kier molecular flexibility index (Phi) is 7.63. The van der Waals surface area contributed by atoms with Crippen LogP contribution in [0.3, 0.4) is 0 Å².